The fraction of sp³-hybridized carbons (Fsp3) is 0.364. The Morgan fingerprint density at radius 3 is 2.68 bits per heavy atom. The lowest BCUT2D eigenvalue weighted by Gasteiger charge is -2.26. The average Bonchev–Trinajstić information content (AvgIpc) is 3.13. The summed E-state index contributed by atoms with van der Waals surface area (Å²) in [5.41, 5.74) is 2.61. The van der Waals surface area contributed by atoms with Crippen LogP contribution in [0.1, 0.15) is 42.5 Å². The van der Waals surface area contributed by atoms with Crippen LogP contribution in [0.25, 0.3) is 5.82 Å². The molecule has 1 aliphatic heterocycles. The largest absolute Gasteiger partial charge is 0.493 e. The van der Waals surface area contributed by atoms with Crippen molar-refractivity contribution in [3.63, 3.8) is 0 Å². The first-order valence-electron chi connectivity index (χ1n) is 10.1. The molecule has 9 nitrogen and oxygen atoms in total. The highest BCUT2D eigenvalue weighted by molar-refractivity contribution is 5.95. The smallest absolute Gasteiger partial charge is 0.233 e. The molecule has 9 heteroatoms. The number of carbonyl (C=O) groups excluding carboxylic acids is 1. The van der Waals surface area contributed by atoms with E-state index in [2.05, 4.69) is 20.6 Å². The average molecular weight is 423 g/mol. The molecule has 0 saturated heterocycles. The fourth-order valence-electron chi connectivity index (χ4n) is 3.84. The molecule has 3 heterocycles. The van der Waals surface area contributed by atoms with E-state index in [9.17, 15) is 4.79 Å². The molecule has 0 aliphatic carbocycles. The van der Waals surface area contributed by atoms with Crippen LogP contribution in [0.2, 0.25) is 0 Å². The molecule has 31 heavy (non-hydrogen) atoms. The van der Waals surface area contributed by atoms with Crippen molar-refractivity contribution in [2.24, 2.45) is 0 Å². The number of anilines is 1. The third-order valence-electron chi connectivity index (χ3n) is 5.21. The molecule has 4 rings (SSSR count). The van der Waals surface area contributed by atoms with Gasteiger partial charge in [-0.15, -0.1) is 10.2 Å². The predicted octanol–water partition coefficient (Wildman–Crippen LogP) is 3.25. The van der Waals surface area contributed by atoms with Crippen LogP contribution in [0.5, 0.6) is 17.4 Å². The summed E-state index contributed by atoms with van der Waals surface area (Å²) in [5, 5.41) is 15.8. The first-order valence-corrected chi connectivity index (χ1v) is 10.1. The van der Waals surface area contributed by atoms with Crippen molar-refractivity contribution in [2.45, 2.75) is 32.6 Å². The van der Waals surface area contributed by atoms with Gasteiger partial charge in [0.1, 0.15) is 5.82 Å². The minimum Gasteiger partial charge on any atom is -0.493 e. The molecule has 0 unspecified atom stereocenters. The minimum absolute atomic E-state index is 0.107. The van der Waals surface area contributed by atoms with E-state index in [4.69, 9.17) is 14.2 Å². The highest BCUT2D eigenvalue weighted by Crippen LogP contribution is 2.45. The summed E-state index contributed by atoms with van der Waals surface area (Å²) < 4.78 is 18.3. The Morgan fingerprint density at radius 2 is 2.00 bits per heavy atom. The van der Waals surface area contributed by atoms with Gasteiger partial charge in [-0.05, 0) is 25.5 Å². The zero-order valence-electron chi connectivity index (χ0n) is 18.0. The molecule has 1 N–H and O–H groups in total. The number of ether oxygens (including phenoxy) is 3. The second-order valence-electron chi connectivity index (χ2n) is 7.23. The summed E-state index contributed by atoms with van der Waals surface area (Å²) in [4.78, 5) is 12.7. The quantitative estimate of drug-likeness (QED) is 0.622. The Labute approximate surface area is 180 Å². The number of nitrogens with zero attached hydrogens (tertiary/aromatic N) is 4. The Balaban J connectivity index is 1.84. The van der Waals surface area contributed by atoms with Gasteiger partial charge in [0.05, 0.1) is 26.5 Å². The molecule has 1 amide bonds. The Kier molecular flexibility index (Phi) is 5.75. The maximum absolute atomic E-state index is 12.7. The van der Waals surface area contributed by atoms with Crippen LogP contribution in [0.15, 0.2) is 30.3 Å². The lowest BCUT2D eigenvalue weighted by molar-refractivity contribution is -0.116. The van der Waals surface area contributed by atoms with Gasteiger partial charge in [-0.3, -0.25) is 4.79 Å². The van der Waals surface area contributed by atoms with E-state index in [1.165, 1.54) is 7.11 Å². The SMILES string of the molecule is CCCOc1c(OC)cccc1[C@H]1CC(=O)Nc2c1c(C)nn2-c1ccc(OC)nn1. The Morgan fingerprint density at radius 1 is 1.16 bits per heavy atom. The second-order valence-corrected chi connectivity index (χ2v) is 7.23. The summed E-state index contributed by atoms with van der Waals surface area (Å²) >= 11 is 0. The Bertz CT molecular complexity index is 1090. The zero-order valence-corrected chi connectivity index (χ0v) is 18.0. The van der Waals surface area contributed by atoms with Crippen LogP contribution in [0, 0.1) is 6.92 Å². The number of carbonyl (C=O) groups is 1. The van der Waals surface area contributed by atoms with E-state index in [0.717, 1.165) is 23.2 Å². The lowest BCUT2D eigenvalue weighted by atomic mass is 9.85. The normalized spacial score (nSPS) is 15.2. The molecule has 1 aromatic carbocycles. The number of aryl methyl sites for hydroxylation is 1. The maximum atomic E-state index is 12.7. The van der Waals surface area contributed by atoms with Gasteiger partial charge in [0.15, 0.2) is 17.3 Å². The van der Waals surface area contributed by atoms with Gasteiger partial charge < -0.3 is 19.5 Å². The first-order chi connectivity index (χ1) is 15.1. The topological polar surface area (TPSA) is 100 Å². The van der Waals surface area contributed by atoms with E-state index in [-0.39, 0.29) is 18.2 Å². The van der Waals surface area contributed by atoms with Gasteiger partial charge in [0.2, 0.25) is 11.8 Å². The van der Waals surface area contributed by atoms with Crippen molar-refractivity contribution >= 4 is 11.7 Å². The molecule has 3 aromatic rings. The van der Waals surface area contributed by atoms with E-state index >= 15 is 0 Å². The summed E-state index contributed by atoms with van der Waals surface area (Å²) in [6, 6.07) is 9.20. The van der Waals surface area contributed by atoms with E-state index in [1.54, 1.807) is 23.9 Å². The molecule has 162 valence electrons. The Hall–Kier alpha value is -3.62. The maximum Gasteiger partial charge on any atom is 0.233 e. The number of hydrogen-bond acceptors (Lipinski definition) is 7. The van der Waals surface area contributed by atoms with Gasteiger partial charge in [-0.1, -0.05) is 19.1 Å². The van der Waals surface area contributed by atoms with Crippen molar-refractivity contribution in [1.29, 1.82) is 0 Å². The number of benzene rings is 1. The highest BCUT2D eigenvalue weighted by Gasteiger charge is 2.35. The third-order valence-corrected chi connectivity index (χ3v) is 5.21. The summed E-state index contributed by atoms with van der Waals surface area (Å²) in [6.07, 6.45) is 1.14. The zero-order chi connectivity index (χ0) is 22.0. The number of methoxy groups -OCH3 is 2. The van der Waals surface area contributed by atoms with Crippen LogP contribution < -0.4 is 19.5 Å². The van der Waals surface area contributed by atoms with Crippen molar-refractivity contribution in [2.75, 3.05) is 26.1 Å². The standard InChI is InChI=1S/C22H25N5O4/c1-5-11-31-21-14(7-6-8-16(21)29-3)15-12-18(28)23-22-20(15)13(2)26-27(22)17-9-10-19(30-4)25-24-17/h6-10,15H,5,11-12H2,1-4H3,(H,23,28)/t15-/m1/s1. The van der Waals surface area contributed by atoms with Crippen molar-refractivity contribution in [3.05, 3.63) is 47.2 Å². The number of aromatic nitrogens is 4. The van der Waals surface area contributed by atoms with E-state index < -0.39 is 0 Å². The molecule has 0 radical (unpaired) electrons. The van der Waals surface area contributed by atoms with Gasteiger partial charge in [0, 0.05) is 29.5 Å². The number of fused-ring (bicyclic) bond motifs is 1. The highest BCUT2D eigenvalue weighted by atomic mass is 16.5. The number of hydrogen-bond donors (Lipinski definition) is 1. The van der Waals surface area contributed by atoms with Crippen molar-refractivity contribution < 1.29 is 19.0 Å². The van der Waals surface area contributed by atoms with E-state index in [0.29, 0.717) is 35.6 Å². The van der Waals surface area contributed by atoms with Gasteiger partial charge in [-0.2, -0.15) is 9.78 Å². The van der Waals surface area contributed by atoms with Gasteiger partial charge >= 0.3 is 0 Å². The molecular formula is C22H25N5O4. The van der Waals surface area contributed by atoms with Gasteiger partial charge in [-0.25, -0.2) is 0 Å². The number of rotatable bonds is 7. The summed E-state index contributed by atoms with van der Waals surface area (Å²) in [6.45, 7) is 4.52. The summed E-state index contributed by atoms with van der Waals surface area (Å²) in [5.74, 6) is 2.44. The molecule has 0 bridgehead atoms. The molecule has 2 aromatic heterocycles. The molecule has 0 spiro atoms. The number of para-hydroxylation sites is 1. The van der Waals surface area contributed by atoms with Crippen LogP contribution >= 0.6 is 0 Å². The van der Waals surface area contributed by atoms with Crippen LogP contribution in [-0.4, -0.2) is 46.7 Å². The van der Waals surface area contributed by atoms with Crippen LogP contribution in [0.4, 0.5) is 5.82 Å². The molecule has 0 saturated carbocycles. The number of amides is 1. The molecule has 1 aliphatic rings. The second kappa shape index (κ2) is 8.63. The van der Waals surface area contributed by atoms with Crippen molar-refractivity contribution in [3.8, 4) is 23.2 Å². The third kappa shape index (κ3) is 3.78. The van der Waals surface area contributed by atoms with E-state index in [1.807, 2.05) is 32.0 Å². The molecule has 0 fully saturated rings. The van der Waals surface area contributed by atoms with Gasteiger partial charge in [0.25, 0.3) is 0 Å². The molecule has 1 atom stereocenters. The number of nitrogens with one attached hydrogen (secondary N) is 1. The lowest BCUT2D eigenvalue weighted by Crippen LogP contribution is -2.25. The fourth-order valence-corrected chi connectivity index (χ4v) is 3.84. The molecular weight excluding hydrogens is 398 g/mol. The first kappa shape index (κ1) is 20.6. The monoisotopic (exact) mass is 423 g/mol. The predicted molar refractivity (Wildman–Crippen MR) is 114 cm³/mol. The minimum atomic E-state index is -0.231. The van der Waals surface area contributed by atoms with Crippen LogP contribution in [-0.2, 0) is 4.79 Å². The van der Waals surface area contributed by atoms with Crippen molar-refractivity contribution in [1.82, 2.24) is 20.0 Å². The van der Waals surface area contributed by atoms with Crippen LogP contribution in [0.3, 0.4) is 0 Å². The summed E-state index contributed by atoms with van der Waals surface area (Å²) in [7, 11) is 3.14.